The number of rotatable bonds is 0. The topological polar surface area (TPSA) is 26.9 Å². The maximum Gasteiger partial charge on any atom is 0.305 e. The molecule has 2 nitrogen and oxygen atoms in total. The van der Waals surface area contributed by atoms with E-state index in [0.29, 0.717) is 4.73 Å². The van der Waals surface area contributed by atoms with Crippen LogP contribution >= 0.6 is 23.2 Å². The Morgan fingerprint density at radius 1 is 1.50 bits per heavy atom. The van der Waals surface area contributed by atoms with Crippen LogP contribution in [0.4, 0.5) is 0 Å². The molecule has 4 heteroatoms. The van der Waals surface area contributed by atoms with Crippen LogP contribution in [0.5, 0.6) is 0 Å². The molecular formula is C6H5Cl2NO. The van der Waals surface area contributed by atoms with Gasteiger partial charge in [-0.2, -0.15) is 4.73 Å². The van der Waals surface area contributed by atoms with Crippen LogP contribution < -0.4 is 4.73 Å². The van der Waals surface area contributed by atoms with Gasteiger partial charge in [0.2, 0.25) is 0 Å². The molecule has 1 aromatic rings. The van der Waals surface area contributed by atoms with Gasteiger partial charge in [0.25, 0.3) is 0 Å². The SMILES string of the molecule is Cc1cc(Cl)c(Cl)[n+]([O-])c1. The number of pyridine rings is 1. The normalized spacial score (nSPS) is 9.90. The average Bonchev–Trinajstić information content (AvgIpc) is 1.82. The molecule has 1 aromatic heterocycles. The van der Waals surface area contributed by atoms with Crippen molar-refractivity contribution in [1.29, 1.82) is 0 Å². The van der Waals surface area contributed by atoms with Crippen molar-refractivity contribution in [2.75, 3.05) is 0 Å². The van der Waals surface area contributed by atoms with Crippen molar-refractivity contribution in [3.8, 4) is 0 Å². The van der Waals surface area contributed by atoms with Gasteiger partial charge in [-0.1, -0.05) is 11.6 Å². The first kappa shape index (κ1) is 7.63. The molecule has 1 heterocycles. The number of nitrogens with zero attached hydrogens (tertiary/aromatic N) is 1. The molecule has 0 atom stereocenters. The van der Waals surface area contributed by atoms with Crippen molar-refractivity contribution >= 4 is 23.2 Å². The van der Waals surface area contributed by atoms with Gasteiger partial charge in [-0.05, 0) is 24.6 Å². The highest BCUT2D eigenvalue weighted by Crippen LogP contribution is 2.17. The van der Waals surface area contributed by atoms with Crippen molar-refractivity contribution in [2.24, 2.45) is 0 Å². The largest absolute Gasteiger partial charge is 0.618 e. The van der Waals surface area contributed by atoms with E-state index in [9.17, 15) is 5.21 Å². The number of hydrogen-bond acceptors (Lipinski definition) is 1. The zero-order chi connectivity index (χ0) is 7.72. The van der Waals surface area contributed by atoms with E-state index in [1.165, 1.54) is 6.20 Å². The maximum atomic E-state index is 10.8. The van der Waals surface area contributed by atoms with Crippen LogP contribution in [0.2, 0.25) is 10.2 Å². The summed E-state index contributed by atoms with van der Waals surface area (Å²) in [7, 11) is 0. The van der Waals surface area contributed by atoms with Gasteiger partial charge in [-0.25, -0.2) is 0 Å². The van der Waals surface area contributed by atoms with E-state index < -0.39 is 0 Å². The lowest BCUT2D eigenvalue weighted by Gasteiger charge is -1.99. The van der Waals surface area contributed by atoms with Gasteiger partial charge in [0.05, 0.1) is 0 Å². The lowest BCUT2D eigenvalue weighted by atomic mass is 10.3. The lowest BCUT2D eigenvalue weighted by molar-refractivity contribution is -0.603. The molecule has 0 radical (unpaired) electrons. The molecule has 0 aliphatic rings. The first-order valence-electron chi connectivity index (χ1n) is 2.66. The summed E-state index contributed by atoms with van der Waals surface area (Å²) in [4.78, 5) is 0. The minimum Gasteiger partial charge on any atom is -0.618 e. The summed E-state index contributed by atoms with van der Waals surface area (Å²) < 4.78 is 0.541. The summed E-state index contributed by atoms with van der Waals surface area (Å²) in [5, 5.41) is 11.1. The van der Waals surface area contributed by atoms with Gasteiger partial charge in [0, 0.05) is 5.56 Å². The van der Waals surface area contributed by atoms with Crippen molar-refractivity contribution in [1.82, 2.24) is 0 Å². The van der Waals surface area contributed by atoms with Crippen molar-refractivity contribution in [3.63, 3.8) is 0 Å². The van der Waals surface area contributed by atoms with Crippen LogP contribution in [-0.4, -0.2) is 0 Å². The quantitative estimate of drug-likeness (QED) is 0.338. The van der Waals surface area contributed by atoms with Crippen LogP contribution in [0.3, 0.4) is 0 Å². The second-order valence-electron chi connectivity index (χ2n) is 1.98. The Kier molecular flexibility index (Phi) is 2.02. The monoisotopic (exact) mass is 177 g/mol. The van der Waals surface area contributed by atoms with E-state index in [2.05, 4.69) is 0 Å². The zero-order valence-electron chi connectivity index (χ0n) is 5.27. The van der Waals surface area contributed by atoms with Crippen molar-refractivity contribution in [2.45, 2.75) is 6.92 Å². The smallest absolute Gasteiger partial charge is 0.305 e. The lowest BCUT2D eigenvalue weighted by Crippen LogP contribution is -2.27. The number of aromatic nitrogens is 1. The van der Waals surface area contributed by atoms with Crippen LogP contribution in [0, 0.1) is 12.1 Å². The highest BCUT2D eigenvalue weighted by atomic mass is 35.5. The summed E-state index contributed by atoms with van der Waals surface area (Å²) in [5.41, 5.74) is 0.796. The standard InChI is InChI=1S/C6H5Cl2NO/c1-4-2-5(7)6(8)9(10)3-4/h2-3H,1H3. The van der Waals surface area contributed by atoms with Gasteiger partial charge in [0.1, 0.15) is 5.02 Å². The molecule has 1 rings (SSSR count). The molecule has 0 bridgehead atoms. The fourth-order valence-corrected chi connectivity index (χ4v) is 1.00. The summed E-state index contributed by atoms with van der Waals surface area (Å²) in [6.45, 7) is 1.77. The van der Waals surface area contributed by atoms with Crippen LogP contribution in [0.1, 0.15) is 5.56 Å². The second kappa shape index (κ2) is 2.64. The van der Waals surface area contributed by atoms with Crippen LogP contribution in [0.15, 0.2) is 12.3 Å². The summed E-state index contributed by atoms with van der Waals surface area (Å²) in [6.07, 6.45) is 1.37. The highest BCUT2D eigenvalue weighted by Gasteiger charge is 2.07. The Bertz CT molecular complexity index is 239. The zero-order valence-corrected chi connectivity index (χ0v) is 6.78. The highest BCUT2D eigenvalue weighted by molar-refractivity contribution is 6.40. The van der Waals surface area contributed by atoms with Gasteiger partial charge in [-0.15, -0.1) is 0 Å². The maximum absolute atomic E-state index is 10.8. The molecule has 0 unspecified atom stereocenters. The van der Waals surface area contributed by atoms with Gasteiger partial charge < -0.3 is 5.21 Å². The number of halogens is 2. The van der Waals surface area contributed by atoms with Gasteiger partial charge in [0.15, 0.2) is 6.20 Å². The molecule has 0 amide bonds. The van der Waals surface area contributed by atoms with E-state index in [-0.39, 0.29) is 10.2 Å². The van der Waals surface area contributed by atoms with E-state index in [1.54, 1.807) is 13.0 Å². The fourth-order valence-electron chi connectivity index (χ4n) is 0.644. The van der Waals surface area contributed by atoms with Crippen LogP contribution in [-0.2, 0) is 0 Å². The molecule has 0 spiro atoms. The molecule has 0 aromatic carbocycles. The molecule has 0 aliphatic heterocycles. The first-order chi connectivity index (χ1) is 4.61. The molecule has 54 valence electrons. The Balaban J connectivity index is 3.31. The predicted octanol–water partition coefficient (Wildman–Crippen LogP) is 1.94. The Hall–Kier alpha value is -0.470. The van der Waals surface area contributed by atoms with E-state index in [1.807, 2.05) is 0 Å². The Morgan fingerprint density at radius 3 is 2.60 bits per heavy atom. The van der Waals surface area contributed by atoms with E-state index >= 15 is 0 Å². The first-order valence-corrected chi connectivity index (χ1v) is 3.41. The molecule has 0 aliphatic carbocycles. The van der Waals surface area contributed by atoms with Gasteiger partial charge in [-0.3, -0.25) is 0 Å². The van der Waals surface area contributed by atoms with Crippen molar-refractivity contribution < 1.29 is 4.73 Å². The number of aryl methyl sites for hydroxylation is 1. The van der Waals surface area contributed by atoms with Crippen LogP contribution in [0.25, 0.3) is 0 Å². The third-order valence-electron chi connectivity index (χ3n) is 1.07. The Labute approximate surface area is 68.6 Å². The third-order valence-corrected chi connectivity index (χ3v) is 1.82. The number of hydrogen-bond donors (Lipinski definition) is 0. The van der Waals surface area contributed by atoms with E-state index in [4.69, 9.17) is 23.2 Å². The molecule has 10 heavy (non-hydrogen) atoms. The summed E-state index contributed by atoms with van der Waals surface area (Å²) in [6, 6.07) is 1.64. The third kappa shape index (κ3) is 1.33. The minimum absolute atomic E-state index is 0.0206. The molecule has 0 saturated carbocycles. The fraction of sp³-hybridized carbons (Fsp3) is 0.167. The second-order valence-corrected chi connectivity index (χ2v) is 2.75. The average molecular weight is 178 g/mol. The summed E-state index contributed by atoms with van der Waals surface area (Å²) in [5.74, 6) is 0. The molecular weight excluding hydrogens is 173 g/mol. The molecule has 0 saturated heterocycles. The minimum atomic E-state index is 0.0206. The summed E-state index contributed by atoms with van der Waals surface area (Å²) >= 11 is 11.0. The van der Waals surface area contributed by atoms with Crippen molar-refractivity contribution in [3.05, 3.63) is 33.2 Å². The van der Waals surface area contributed by atoms with E-state index in [0.717, 1.165) is 5.56 Å². The van der Waals surface area contributed by atoms with Gasteiger partial charge >= 0.3 is 5.15 Å². The predicted molar refractivity (Wildman–Crippen MR) is 40.2 cm³/mol. The molecule has 0 N–H and O–H groups in total. The Morgan fingerprint density at radius 2 is 2.10 bits per heavy atom. The molecule has 0 fully saturated rings.